The van der Waals surface area contributed by atoms with Crippen LogP contribution in [0.25, 0.3) is 17.5 Å². The van der Waals surface area contributed by atoms with Gasteiger partial charge in [0.1, 0.15) is 5.82 Å². The number of hydrogen-bond donors (Lipinski definition) is 1. The standard InChI is InChI=1S/C26H26FN3O3/c27-22-6-2-1-5-21(22)26(12-3-4-13-26)14-11-23-28-24(29-33-23)19-9-7-18(8-10-19)15-30-16-20(17-30)25(31)32/h1-2,5-11,14,20H,3-4,12-13,15-17H2,(H,31,32)/b14-11+. The second-order valence-corrected chi connectivity index (χ2v) is 9.06. The molecule has 1 aromatic heterocycles. The molecule has 2 aromatic carbocycles. The Balaban J connectivity index is 1.27. The van der Waals surface area contributed by atoms with Crippen molar-refractivity contribution in [1.29, 1.82) is 0 Å². The summed E-state index contributed by atoms with van der Waals surface area (Å²) < 4.78 is 20.0. The number of aliphatic carboxylic acids is 1. The van der Waals surface area contributed by atoms with E-state index in [0.29, 0.717) is 24.8 Å². The maximum Gasteiger partial charge on any atom is 0.309 e. The average Bonchev–Trinajstić information content (AvgIpc) is 3.45. The molecule has 2 aliphatic rings. The van der Waals surface area contributed by atoms with Crippen LogP contribution in [0.3, 0.4) is 0 Å². The van der Waals surface area contributed by atoms with E-state index in [1.54, 1.807) is 6.07 Å². The van der Waals surface area contributed by atoms with E-state index in [1.807, 2.05) is 48.6 Å². The van der Waals surface area contributed by atoms with E-state index in [-0.39, 0.29) is 17.2 Å². The highest BCUT2D eigenvalue weighted by molar-refractivity contribution is 5.71. The summed E-state index contributed by atoms with van der Waals surface area (Å²) in [5, 5.41) is 13.1. The van der Waals surface area contributed by atoms with Gasteiger partial charge in [0.15, 0.2) is 0 Å². The van der Waals surface area contributed by atoms with Gasteiger partial charge in [-0.1, -0.05) is 66.5 Å². The Kier molecular flexibility index (Phi) is 5.81. The van der Waals surface area contributed by atoms with Crippen molar-refractivity contribution in [1.82, 2.24) is 15.0 Å². The lowest BCUT2D eigenvalue weighted by Gasteiger charge is -2.36. The smallest absolute Gasteiger partial charge is 0.309 e. The minimum absolute atomic E-state index is 0.174. The van der Waals surface area contributed by atoms with Gasteiger partial charge >= 0.3 is 5.97 Å². The Hall–Kier alpha value is -3.32. The van der Waals surface area contributed by atoms with Crippen LogP contribution in [0.15, 0.2) is 59.1 Å². The molecule has 1 N–H and O–H groups in total. The molecule has 0 atom stereocenters. The van der Waals surface area contributed by atoms with Gasteiger partial charge in [-0.25, -0.2) is 4.39 Å². The Bertz CT molecular complexity index is 1160. The van der Waals surface area contributed by atoms with Gasteiger partial charge in [-0.3, -0.25) is 9.69 Å². The molecule has 5 rings (SSSR count). The summed E-state index contributed by atoms with van der Waals surface area (Å²) >= 11 is 0. The third-order valence-electron chi connectivity index (χ3n) is 6.82. The van der Waals surface area contributed by atoms with Gasteiger partial charge in [0, 0.05) is 36.7 Å². The number of aromatic nitrogens is 2. The zero-order chi connectivity index (χ0) is 22.8. The Morgan fingerprint density at radius 3 is 2.58 bits per heavy atom. The van der Waals surface area contributed by atoms with Crippen LogP contribution in [0.4, 0.5) is 4.39 Å². The molecule has 0 unspecified atom stereocenters. The minimum Gasteiger partial charge on any atom is -0.481 e. The number of nitrogens with zero attached hydrogens (tertiary/aromatic N) is 3. The SMILES string of the molecule is O=C(O)C1CN(Cc2ccc(-c3noc(/C=C/C4(c5ccccc5F)CCCC4)n3)cc2)C1. The molecular formula is C26H26FN3O3. The van der Waals surface area contributed by atoms with Crippen molar-refractivity contribution < 1.29 is 18.8 Å². The second-order valence-electron chi connectivity index (χ2n) is 9.06. The highest BCUT2D eigenvalue weighted by atomic mass is 19.1. The van der Waals surface area contributed by atoms with Crippen LogP contribution >= 0.6 is 0 Å². The summed E-state index contributed by atoms with van der Waals surface area (Å²) in [6, 6.07) is 14.9. The first-order valence-corrected chi connectivity index (χ1v) is 11.3. The van der Waals surface area contributed by atoms with Gasteiger partial charge < -0.3 is 9.63 Å². The van der Waals surface area contributed by atoms with Gasteiger partial charge in [-0.05, 0) is 30.0 Å². The lowest BCUT2D eigenvalue weighted by Crippen LogP contribution is -2.49. The van der Waals surface area contributed by atoms with E-state index in [1.165, 1.54) is 6.07 Å². The van der Waals surface area contributed by atoms with Crippen molar-refractivity contribution in [3.05, 3.63) is 77.4 Å². The quantitative estimate of drug-likeness (QED) is 0.554. The highest BCUT2D eigenvalue weighted by Gasteiger charge is 2.35. The number of benzene rings is 2. The van der Waals surface area contributed by atoms with E-state index < -0.39 is 5.97 Å². The summed E-state index contributed by atoms with van der Waals surface area (Å²) in [7, 11) is 0. The summed E-state index contributed by atoms with van der Waals surface area (Å²) in [5.41, 5.74) is 2.35. The molecule has 2 heterocycles. The fourth-order valence-corrected chi connectivity index (χ4v) is 4.92. The van der Waals surface area contributed by atoms with Crippen LogP contribution in [0, 0.1) is 11.7 Å². The molecular weight excluding hydrogens is 421 g/mol. The number of likely N-dealkylation sites (tertiary alicyclic amines) is 1. The van der Waals surface area contributed by atoms with Crippen molar-refractivity contribution >= 4 is 12.0 Å². The second kappa shape index (κ2) is 8.90. The lowest BCUT2D eigenvalue weighted by molar-refractivity contribution is -0.147. The summed E-state index contributed by atoms with van der Waals surface area (Å²) in [6.07, 6.45) is 7.76. The molecule has 0 spiro atoms. The van der Waals surface area contributed by atoms with Crippen LogP contribution in [-0.4, -0.2) is 39.2 Å². The predicted octanol–water partition coefficient (Wildman–Crippen LogP) is 4.92. The van der Waals surface area contributed by atoms with E-state index in [4.69, 9.17) is 9.63 Å². The molecule has 3 aromatic rings. The molecule has 1 aliphatic carbocycles. The van der Waals surface area contributed by atoms with Crippen LogP contribution in [-0.2, 0) is 16.8 Å². The number of carboxylic acids is 1. The van der Waals surface area contributed by atoms with Crippen LogP contribution < -0.4 is 0 Å². The Morgan fingerprint density at radius 2 is 1.88 bits per heavy atom. The summed E-state index contributed by atoms with van der Waals surface area (Å²) in [4.78, 5) is 17.6. The van der Waals surface area contributed by atoms with Crippen LogP contribution in [0.5, 0.6) is 0 Å². The third-order valence-corrected chi connectivity index (χ3v) is 6.82. The third kappa shape index (κ3) is 4.46. The monoisotopic (exact) mass is 447 g/mol. The Labute approximate surface area is 191 Å². The first-order chi connectivity index (χ1) is 16.0. The van der Waals surface area contributed by atoms with Gasteiger partial charge in [0.2, 0.25) is 5.82 Å². The molecule has 6 nitrogen and oxygen atoms in total. The number of halogens is 1. The van der Waals surface area contributed by atoms with Crippen LogP contribution in [0.2, 0.25) is 0 Å². The van der Waals surface area contributed by atoms with Gasteiger partial charge in [0.25, 0.3) is 5.89 Å². The number of allylic oxidation sites excluding steroid dienone is 1. The van der Waals surface area contributed by atoms with Crippen molar-refractivity contribution in [3.63, 3.8) is 0 Å². The predicted molar refractivity (Wildman–Crippen MR) is 122 cm³/mol. The normalized spacial score (nSPS) is 18.6. The number of rotatable bonds is 7. The maximum absolute atomic E-state index is 14.5. The summed E-state index contributed by atoms with van der Waals surface area (Å²) in [5.74, 6) is -0.250. The van der Waals surface area contributed by atoms with Gasteiger partial charge in [-0.15, -0.1) is 0 Å². The fraction of sp³-hybridized carbons (Fsp3) is 0.346. The lowest BCUT2D eigenvalue weighted by atomic mass is 9.78. The van der Waals surface area contributed by atoms with Crippen molar-refractivity contribution in [2.45, 2.75) is 37.6 Å². The molecule has 0 bridgehead atoms. The zero-order valence-electron chi connectivity index (χ0n) is 18.3. The molecule has 0 amide bonds. The number of carboxylic acid groups (broad SMARTS) is 1. The summed E-state index contributed by atoms with van der Waals surface area (Å²) in [6.45, 7) is 1.90. The average molecular weight is 448 g/mol. The van der Waals surface area contributed by atoms with E-state index in [9.17, 15) is 9.18 Å². The highest BCUT2D eigenvalue weighted by Crippen LogP contribution is 2.43. The Morgan fingerprint density at radius 1 is 1.15 bits per heavy atom. The topological polar surface area (TPSA) is 79.5 Å². The molecule has 1 saturated carbocycles. The molecule has 1 aliphatic heterocycles. The van der Waals surface area contributed by atoms with E-state index in [2.05, 4.69) is 15.0 Å². The minimum atomic E-state index is -0.726. The van der Waals surface area contributed by atoms with Crippen LogP contribution in [0.1, 0.15) is 42.7 Å². The number of hydrogen-bond acceptors (Lipinski definition) is 5. The first kappa shape index (κ1) is 21.5. The fourth-order valence-electron chi connectivity index (χ4n) is 4.92. The van der Waals surface area contributed by atoms with Crippen molar-refractivity contribution in [2.24, 2.45) is 5.92 Å². The first-order valence-electron chi connectivity index (χ1n) is 11.3. The molecule has 7 heteroatoms. The van der Waals surface area contributed by atoms with Gasteiger partial charge in [0.05, 0.1) is 5.92 Å². The zero-order valence-corrected chi connectivity index (χ0v) is 18.3. The van der Waals surface area contributed by atoms with Gasteiger partial charge in [-0.2, -0.15) is 4.98 Å². The van der Waals surface area contributed by atoms with Crippen molar-refractivity contribution in [3.8, 4) is 11.4 Å². The molecule has 2 fully saturated rings. The molecule has 33 heavy (non-hydrogen) atoms. The van der Waals surface area contributed by atoms with E-state index >= 15 is 0 Å². The van der Waals surface area contributed by atoms with Crippen molar-refractivity contribution in [2.75, 3.05) is 13.1 Å². The number of carbonyl (C=O) groups is 1. The largest absolute Gasteiger partial charge is 0.481 e. The van der Waals surface area contributed by atoms with E-state index in [0.717, 1.165) is 48.9 Å². The maximum atomic E-state index is 14.5. The molecule has 170 valence electrons. The molecule has 1 saturated heterocycles. The molecule has 0 radical (unpaired) electrons.